The minimum atomic E-state index is -0.532. The molecule has 7 heteroatoms. The third-order valence-corrected chi connectivity index (χ3v) is 2.63. The summed E-state index contributed by atoms with van der Waals surface area (Å²) in [6.07, 6.45) is 0. The maximum absolute atomic E-state index is 11.0. The van der Waals surface area contributed by atoms with E-state index >= 15 is 0 Å². The number of fused-ring (bicyclic) bond motifs is 1. The molecule has 0 saturated heterocycles. The van der Waals surface area contributed by atoms with E-state index < -0.39 is 4.92 Å². The van der Waals surface area contributed by atoms with Crippen LogP contribution in [-0.4, -0.2) is 26.7 Å². The predicted molar refractivity (Wildman–Crippen MR) is 59.8 cm³/mol. The number of aromatic nitrogens is 2. The SMILES string of the molecule is COc1ccc2c(nc(CO)n2C)c1[N+](=O)[O-]. The number of rotatable bonds is 3. The van der Waals surface area contributed by atoms with Crippen LogP contribution in [-0.2, 0) is 13.7 Å². The summed E-state index contributed by atoms with van der Waals surface area (Å²) in [6.45, 7) is -0.273. The van der Waals surface area contributed by atoms with Gasteiger partial charge in [0.1, 0.15) is 12.4 Å². The van der Waals surface area contributed by atoms with Crippen molar-refractivity contribution < 1.29 is 14.8 Å². The highest BCUT2D eigenvalue weighted by Crippen LogP contribution is 2.34. The van der Waals surface area contributed by atoms with Gasteiger partial charge in [0, 0.05) is 7.05 Å². The number of imidazole rings is 1. The summed E-state index contributed by atoms with van der Waals surface area (Å²) in [7, 11) is 3.06. The van der Waals surface area contributed by atoms with Crippen LogP contribution in [0.2, 0.25) is 0 Å². The van der Waals surface area contributed by atoms with Crippen LogP contribution in [0.25, 0.3) is 11.0 Å². The fraction of sp³-hybridized carbons (Fsp3) is 0.300. The van der Waals surface area contributed by atoms with Crippen molar-refractivity contribution in [1.29, 1.82) is 0 Å². The van der Waals surface area contributed by atoms with Crippen LogP contribution in [0.3, 0.4) is 0 Å². The Morgan fingerprint density at radius 1 is 1.59 bits per heavy atom. The highest BCUT2D eigenvalue weighted by molar-refractivity contribution is 5.88. The van der Waals surface area contributed by atoms with Gasteiger partial charge in [0.25, 0.3) is 0 Å². The number of hydrogen-bond donors (Lipinski definition) is 1. The largest absolute Gasteiger partial charge is 0.490 e. The number of hydrogen-bond acceptors (Lipinski definition) is 5. The van der Waals surface area contributed by atoms with E-state index in [0.29, 0.717) is 11.3 Å². The second-order valence-corrected chi connectivity index (χ2v) is 3.49. The molecule has 0 spiro atoms. The molecule has 1 N–H and O–H groups in total. The molecule has 2 rings (SSSR count). The molecular weight excluding hydrogens is 226 g/mol. The summed E-state index contributed by atoms with van der Waals surface area (Å²) in [5, 5.41) is 20.1. The standard InChI is InChI=1S/C10H11N3O4/c1-12-6-3-4-7(17-2)10(13(15)16)9(6)11-8(12)5-14/h3-4,14H,5H2,1-2H3. The van der Waals surface area contributed by atoms with Crippen LogP contribution < -0.4 is 4.74 Å². The molecule has 1 aromatic heterocycles. The van der Waals surface area contributed by atoms with Gasteiger partial charge >= 0.3 is 5.69 Å². The van der Waals surface area contributed by atoms with E-state index in [0.717, 1.165) is 0 Å². The zero-order valence-corrected chi connectivity index (χ0v) is 9.38. The minimum absolute atomic E-state index is 0.157. The molecule has 1 heterocycles. The summed E-state index contributed by atoms with van der Waals surface area (Å²) < 4.78 is 6.56. The number of aliphatic hydroxyl groups excluding tert-OH is 1. The molecule has 0 radical (unpaired) electrons. The topological polar surface area (TPSA) is 90.4 Å². The first-order chi connectivity index (χ1) is 8.10. The van der Waals surface area contributed by atoms with Crippen LogP contribution >= 0.6 is 0 Å². The number of benzene rings is 1. The Balaban J connectivity index is 2.85. The smallest absolute Gasteiger partial charge is 0.338 e. The van der Waals surface area contributed by atoms with Crippen molar-refractivity contribution in [2.24, 2.45) is 7.05 Å². The Morgan fingerprint density at radius 3 is 2.82 bits per heavy atom. The van der Waals surface area contributed by atoms with Gasteiger partial charge in [-0.3, -0.25) is 10.1 Å². The molecular formula is C10H11N3O4. The molecule has 0 atom stereocenters. The number of nitro groups is 1. The number of ether oxygens (including phenoxy) is 1. The molecule has 1 aromatic carbocycles. The second kappa shape index (κ2) is 4.02. The first kappa shape index (κ1) is 11.3. The van der Waals surface area contributed by atoms with E-state index in [1.54, 1.807) is 17.7 Å². The third kappa shape index (κ3) is 1.60. The number of methoxy groups -OCH3 is 1. The molecule has 0 aliphatic heterocycles. The number of nitrogens with zero attached hydrogens (tertiary/aromatic N) is 3. The zero-order chi connectivity index (χ0) is 12.6. The monoisotopic (exact) mass is 237 g/mol. The maximum Gasteiger partial charge on any atom is 0.338 e. The lowest BCUT2D eigenvalue weighted by atomic mass is 10.2. The van der Waals surface area contributed by atoms with Crippen molar-refractivity contribution in [2.45, 2.75) is 6.61 Å². The van der Waals surface area contributed by atoms with Crippen LogP contribution in [0, 0.1) is 10.1 Å². The third-order valence-electron chi connectivity index (χ3n) is 2.63. The zero-order valence-electron chi connectivity index (χ0n) is 9.38. The van der Waals surface area contributed by atoms with Crippen molar-refractivity contribution in [2.75, 3.05) is 7.11 Å². The lowest BCUT2D eigenvalue weighted by molar-refractivity contribution is -0.384. The van der Waals surface area contributed by atoms with Gasteiger partial charge in [-0.1, -0.05) is 0 Å². The first-order valence-corrected chi connectivity index (χ1v) is 4.87. The maximum atomic E-state index is 11.0. The van der Waals surface area contributed by atoms with Gasteiger partial charge in [0.15, 0.2) is 11.3 Å². The lowest BCUT2D eigenvalue weighted by Gasteiger charge is -2.02. The predicted octanol–water partition coefficient (Wildman–Crippen LogP) is 0.982. The van der Waals surface area contributed by atoms with Crippen molar-refractivity contribution >= 4 is 16.7 Å². The highest BCUT2D eigenvalue weighted by Gasteiger charge is 2.23. The Morgan fingerprint density at radius 2 is 2.29 bits per heavy atom. The van der Waals surface area contributed by atoms with Gasteiger partial charge in [-0.05, 0) is 12.1 Å². The second-order valence-electron chi connectivity index (χ2n) is 3.49. The molecule has 0 amide bonds. The Labute approximate surface area is 96.4 Å². The minimum Gasteiger partial charge on any atom is -0.490 e. The normalized spacial score (nSPS) is 10.8. The van der Waals surface area contributed by atoms with E-state index in [1.807, 2.05) is 0 Å². The van der Waals surface area contributed by atoms with Crippen LogP contribution in [0.15, 0.2) is 12.1 Å². The quantitative estimate of drug-likeness (QED) is 0.634. The van der Waals surface area contributed by atoms with Crippen molar-refractivity contribution in [3.8, 4) is 5.75 Å². The Hall–Kier alpha value is -2.15. The molecule has 0 saturated carbocycles. The number of aliphatic hydroxyl groups is 1. The fourth-order valence-corrected chi connectivity index (χ4v) is 1.76. The highest BCUT2D eigenvalue weighted by atomic mass is 16.6. The van der Waals surface area contributed by atoms with E-state index in [2.05, 4.69) is 4.98 Å². The van der Waals surface area contributed by atoms with Crippen molar-refractivity contribution in [1.82, 2.24) is 9.55 Å². The molecule has 2 aromatic rings. The molecule has 90 valence electrons. The summed E-state index contributed by atoms with van der Waals surface area (Å²) in [5.41, 5.74) is 0.628. The molecule has 0 bridgehead atoms. The molecule has 7 nitrogen and oxygen atoms in total. The number of aryl methyl sites for hydroxylation is 1. The summed E-state index contributed by atoms with van der Waals surface area (Å²) >= 11 is 0. The van der Waals surface area contributed by atoms with Gasteiger partial charge in [0.05, 0.1) is 17.5 Å². The van der Waals surface area contributed by atoms with Crippen molar-refractivity contribution in [3.63, 3.8) is 0 Å². The van der Waals surface area contributed by atoms with E-state index in [4.69, 9.17) is 9.84 Å². The van der Waals surface area contributed by atoms with Crippen LogP contribution in [0.1, 0.15) is 5.82 Å². The Bertz CT molecular complexity index is 591. The Kier molecular flexibility index (Phi) is 2.68. The van der Waals surface area contributed by atoms with E-state index in [-0.39, 0.29) is 23.6 Å². The molecule has 0 fully saturated rings. The average molecular weight is 237 g/mol. The summed E-state index contributed by atoms with van der Waals surface area (Å²) in [6, 6.07) is 3.19. The average Bonchev–Trinajstić information content (AvgIpc) is 2.64. The van der Waals surface area contributed by atoms with Gasteiger partial charge < -0.3 is 14.4 Å². The van der Waals surface area contributed by atoms with E-state index in [9.17, 15) is 10.1 Å². The van der Waals surface area contributed by atoms with Gasteiger partial charge in [-0.15, -0.1) is 0 Å². The van der Waals surface area contributed by atoms with Gasteiger partial charge in [0.2, 0.25) is 0 Å². The molecule has 0 unspecified atom stereocenters. The lowest BCUT2D eigenvalue weighted by Crippen LogP contribution is -1.96. The van der Waals surface area contributed by atoms with E-state index in [1.165, 1.54) is 13.2 Å². The molecule has 0 aliphatic rings. The number of nitro benzene ring substituents is 1. The summed E-state index contributed by atoms with van der Waals surface area (Å²) in [4.78, 5) is 14.5. The summed E-state index contributed by atoms with van der Waals surface area (Å²) in [5.74, 6) is 0.529. The van der Waals surface area contributed by atoms with Gasteiger partial charge in [-0.2, -0.15) is 0 Å². The van der Waals surface area contributed by atoms with Crippen LogP contribution in [0.5, 0.6) is 5.75 Å². The van der Waals surface area contributed by atoms with Crippen LogP contribution in [0.4, 0.5) is 5.69 Å². The van der Waals surface area contributed by atoms with Gasteiger partial charge in [-0.25, -0.2) is 4.98 Å². The molecule has 0 aliphatic carbocycles. The first-order valence-electron chi connectivity index (χ1n) is 4.87. The molecule has 17 heavy (non-hydrogen) atoms. The van der Waals surface area contributed by atoms with Crippen molar-refractivity contribution in [3.05, 3.63) is 28.1 Å². The fourth-order valence-electron chi connectivity index (χ4n) is 1.76.